The van der Waals surface area contributed by atoms with Crippen molar-refractivity contribution >= 4 is 34.1 Å². The van der Waals surface area contributed by atoms with Crippen LogP contribution in [0.2, 0.25) is 0 Å². The largest absolute Gasteiger partial charge is 0.368 e. The van der Waals surface area contributed by atoms with Gasteiger partial charge in [0.05, 0.1) is 6.04 Å². The predicted molar refractivity (Wildman–Crippen MR) is 99.8 cm³/mol. The average Bonchev–Trinajstić information content (AvgIpc) is 3.08. The molecule has 0 radical (unpaired) electrons. The maximum Gasteiger partial charge on any atom is 0.243 e. The summed E-state index contributed by atoms with van der Waals surface area (Å²) in [5.41, 5.74) is 6.61. The molecule has 0 bridgehead atoms. The number of aryl methyl sites for hydroxylation is 1. The first kappa shape index (κ1) is 17.6. The van der Waals surface area contributed by atoms with Crippen molar-refractivity contribution in [3.63, 3.8) is 0 Å². The number of anilines is 3. The summed E-state index contributed by atoms with van der Waals surface area (Å²) >= 11 is 1.43. The summed E-state index contributed by atoms with van der Waals surface area (Å²) < 4.78 is 0. The third kappa shape index (κ3) is 4.23. The van der Waals surface area contributed by atoms with E-state index in [0.29, 0.717) is 11.1 Å². The van der Waals surface area contributed by atoms with Crippen molar-refractivity contribution in [2.45, 2.75) is 26.3 Å². The van der Waals surface area contributed by atoms with Gasteiger partial charge in [0.1, 0.15) is 5.82 Å². The van der Waals surface area contributed by atoms with E-state index < -0.39 is 0 Å². The number of piperazine rings is 1. The Bertz CT molecular complexity index is 693. The molecule has 25 heavy (non-hydrogen) atoms. The molecule has 8 nitrogen and oxygen atoms in total. The molecular weight excluding hydrogens is 338 g/mol. The highest BCUT2D eigenvalue weighted by Crippen LogP contribution is 2.19. The maximum atomic E-state index is 12.5. The van der Waals surface area contributed by atoms with Gasteiger partial charge >= 0.3 is 0 Å². The maximum absolute atomic E-state index is 12.5. The number of nitrogens with zero attached hydrogens (tertiary/aromatic N) is 5. The smallest absolute Gasteiger partial charge is 0.243 e. The van der Waals surface area contributed by atoms with E-state index in [0.717, 1.165) is 44.1 Å². The molecule has 1 saturated heterocycles. The molecule has 0 spiro atoms. The molecule has 134 valence electrons. The van der Waals surface area contributed by atoms with E-state index in [9.17, 15) is 4.79 Å². The molecule has 1 aliphatic rings. The van der Waals surface area contributed by atoms with Crippen molar-refractivity contribution in [3.8, 4) is 0 Å². The molecule has 3 rings (SSSR count). The molecule has 0 aliphatic carbocycles. The van der Waals surface area contributed by atoms with Crippen molar-refractivity contribution in [2.75, 3.05) is 42.1 Å². The Morgan fingerprint density at radius 1 is 1.36 bits per heavy atom. The summed E-state index contributed by atoms with van der Waals surface area (Å²) in [6.45, 7) is 7.15. The number of hydrogen-bond acceptors (Lipinski definition) is 8. The Kier molecular flexibility index (Phi) is 5.44. The lowest BCUT2D eigenvalue weighted by atomic mass is 10.1. The Balaban J connectivity index is 1.61. The van der Waals surface area contributed by atoms with Gasteiger partial charge in [-0.05, 0) is 13.3 Å². The van der Waals surface area contributed by atoms with E-state index in [4.69, 9.17) is 5.73 Å². The second kappa shape index (κ2) is 7.75. The van der Waals surface area contributed by atoms with E-state index in [1.165, 1.54) is 11.3 Å². The molecule has 9 heteroatoms. The number of carbonyl (C=O) groups is 1. The highest BCUT2D eigenvalue weighted by atomic mass is 32.1. The minimum Gasteiger partial charge on any atom is -0.368 e. The number of hydrogen-bond donors (Lipinski definition) is 2. The Hall–Kier alpha value is -2.26. The first-order chi connectivity index (χ1) is 12.1. The van der Waals surface area contributed by atoms with Gasteiger partial charge in [-0.1, -0.05) is 6.92 Å². The number of nitrogen functional groups attached to an aromatic ring is 1. The van der Waals surface area contributed by atoms with Crippen LogP contribution in [0.15, 0.2) is 17.6 Å². The van der Waals surface area contributed by atoms with E-state index in [1.807, 2.05) is 25.3 Å². The number of aromatic nitrogens is 3. The molecule has 3 N–H and O–H groups in total. The first-order valence-corrected chi connectivity index (χ1v) is 9.25. The number of carbonyl (C=O) groups excluding carboxylic acids is 1. The Labute approximate surface area is 151 Å². The number of amides is 1. The summed E-state index contributed by atoms with van der Waals surface area (Å²) in [6.07, 6.45) is 2.45. The molecule has 0 saturated carbocycles. The first-order valence-electron chi connectivity index (χ1n) is 8.37. The Morgan fingerprint density at radius 3 is 2.72 bits per heavy atom. The molecular formula is C16H23N7OS. The molecule has 2 aromatic rings. The zero-order valence-corrected chi connectivity index (χ0v) is 15.3. The minimum atomic E-state index is -0.150. The molecule has 2 aromatic heterocycles. The molecule has 3 heterocycles. The van der Waals surface area contributed by atoms with Crippen LogP contribution in [-0.2, 0) is 4.79 Å². The van der Waals surface area contributed by atoms with Gasteiger partial charge in [-0.3, -0.25) is 9.69 Å². The van der Waals surface area contributed by atoms with Gasteiger partial charge in [-0.15, -0.1) is 11.3 Å². The van der Waals surface area contributed by atoms with Gasteiger partial charge in [-0.25, -0.2) is 9.97 Å². The fourth-order valence-corrected chi connectivity index (χ4v) is 3.61. The van der Waals surface area contributed by atoms with Crippen LogP contribution in [0.1, 0.15) is 19.0 Å². The van der Waals surface area contributed by atoms with Crippen molar-refractivity contribution in [1.82, 2.24) is 19.9 Å². The molecule has 1 amide bonds. The minimum absolute atomic E-state index is 0.00743. The van der Waals surface area contributed by atoms with Crippen LogP contribution in [0, 0.1) is 6.92 Å². The van der Waals surface area contributed by atoms with Crippen molar-refractivity contribution in [2.24, 2.45) is 0 Å². The second-order valence-electron chi connectivity index (χ2n) is 6.00. The quantitative estimate of drug-likeness (QED) is 0.829. The normalized spacial score (nSPS) is 16.6. The topological polar surface area (TPSA) is 100 Å². The van der Waals surface area contributed by atoms with Crippen molar-refractivity contribution in [3.05, 3.63) is 23.3 Å². The zero-order valence-electron chi connectivity index (χ0n) is 14.5. The van der Waals surface area contributed by atoms with Crippen LogP contribution >= 0.6 is 11.3 Å². The highest BCUT2D eigenvalue weighted by Gasteiger charge is 2.28. The monoisotopic (exact) mass is 361 g/mol. The van der Waals surface area contributed by atoms with Gasteiger partial charge in [0.2, 0.25) is 11.9 Å². The van der Waals surface area contributed by atoms with E-state index in [-0.39, 0.29) is 11.9 Å². The van der Waals surface area contributed by atoms with Crippen LogP contribution in [-0.4, -0.2) is 58.0 Å². The summed E-state index contributed by atoms with van der Waals surface area (Å²) in [7, 11) is 0. The number of nitrogens with two attached hydrogens (primary N) is 1. The van der Waals surface area contributed by atoms with Crippen molar-refractivity contribution < 1.29 is 4.79 Å². The second-order valence-corrected chi connectivity index (χ2v) is 6.89. The third-order valence-corrected chi connectivity index (χ3v) is 4.98. The predicted octanol–water partition coefficient (Wildman–Crippen LogP) is 1.36. The van der Waals surface area contributed by atoms with Gasteiger partial charge in [0.15, 0.2) is 5.13 Å². The summed E-state index contributed by atoms with van der Waals surface area (Å²) in [5.74, 6) is 1.16. The third-order valence-electron chi connectivity index (χ3n) is 4.29. The zero-order chi connectivity index (χ0) is 17.8. The van der Waals surface area contributed by atoms with E-state index >= 15 is 0 Å². The van der Waals surface area contributed by atoms with Crippen molar-refractivity contribution in [1.29, 1.82) is 0 Å². The van der Waals surface area contributed by atoms with Crippen LogP contribution in [0.5, 0.6) is 0 Å². The van der Waals surface area contributed by atoms with Crippen LogP contribution < -0.4 is 16.0 Å². The standard InChI is InChI=1S/C16H23N7OS/c1-3-12(14(24)21-16-18-4-9-25-16)22-5-7-23(8-6-22)13-10-11(2)19-15(17)20-13/h4,9-10,12H,3,5-8H2,1-2H3,(H2,17,19,20)(H,18,21,24)/t12-/m0/s1. The molecule has 0 aromatic carbocycles. The lowest BCUT2D eigenvalue weighted by Gasteiger charge is -2.38. The fraction of sp³-hybridized carbons (Fsp3) is 0.500. The van der Waals surface area contributed by atoms with Crippen LogP contribution in [0.4, 0.5) is 16.9 Å². The van der Waals surface area contributed by atoms with E-state index in [2.05, 4.69) is 30.1 Å². The van der Waals surface area contributed by atoms with Gasteiger partial charge in [0.25, 0.3) is 0 Å². The SMILES string of the molecule is CC[C@@H](C(=O)Nc1nccs1)N1CCN(c2cc(C)nc(N)n2)CC1. The Morgan fingerprint density at radius 2 is 2.12 bits per heavy atom. The number of thiazole rings is 1. The van der Waals surface area contributed by atoms with Gasteiger partial charge in [0, 0.05) is 49.5 Å². The summed E-state index contributed by atoms with van der Waals surface area (Å²) in [5, 5.41) is 5.40. The van der Waals surface area contributed by atoms with E-state index in [1.54, 1.807) is 6.20 Å². The van der Waals surface area contributed by atoms with Crippen LogP contribution in [0.3, 0.4) is 0 Å². The van der Waals surface area contributed by atoms with Gasteiger partial charge in [-0.2, -0.15) is 4.98 Å². The molecule has 1 atom stereocenters. The van der Waals surface area contributed by atoms with Gasteiger partial charge < -0.3 is 16.0 Å². The summed E-state index contributed by atoms with van der Waals surface area (Å²) in [4.78, 5) is 29.5. The fourth-order valence-electron chi connectivity index (χ4n) is 3.08. The molecule has 1 aliphatic heterocycles. The highest BCUT2D eigenvalue weighted by molar-refractivity contribution is 7.13. The van der Waals surface area contributed by atoms with Crippen LogP contribution in [0.25, 0.3) is 0 Å². The molecule has 0 unspecified atom stereocenters. The molecule has 1 fully saturated rings. The number of rotatable bonds is 5. The summed E-state index contributed by atoms with van der Waals surface area (Å²) in [6, 6.07) is 1.79. The average molecular weight is 361 g/mol. The lowest BCUT2D eigenvalue weighted by Crippen LogP contribution is -2.53. The number of nitrogens with one attached hydrogen (secondary N) is 1. The lowest BCUT2D eigenvalue weighted by molar-refractivity contribution is -0.121.